The molecule has 1 heterocycles. The van der Waals surface area contributed by atoms with Crippen LogP contribution in [0.3, 0.4) is 0 Å². The molecular formula is C13H24N2O3. The van der Waals surface area contributed by atoms with Gasteiger partial charge < -0.3 is 15.7 Å². The SMILES string of the molecule is CCC1(C(=O)O)CCCN1C(=O)C(CN)C(C)C. The quantitative estimate of drug-likeness (QED) is 0.770. The van der Waals surface area contributed by atoms with Gasteiger partial charge in [-0.05, 0) is 25.2 Å². The summed E-state index contributed by atoms with van der Waals surface area (Å²) < 4.78 is 0. The van der Waals surface area contributed by atoms with Gasteiger partial charge in [0, 0.05) is 13.1 Å². The predicted octanol–water partition coefficient (Wildman–Crippen LogP) is 1.07. The monoisotopic (exact) mass is 256 g/mol. The summed E-state index contributed by atoms with van der Waals surface area (Å²) in [6.07, 6.45) is 1.74. The third-order valence-electron chi connectivity index (χ3n) is 4.11. The van der Waals surface area contributed by atoms with E-state index in [4.69, 9.17) is 5.73 Å². The molecular weight excluding hydrogens is 232 g/mol. The number of rotatable bonds is 5. The first kappa shape index (κ1) is 15.0. The predicted molar refractivity (Wildman–Crippen MR) is 69.0 cm³/mol. The van der Waals surface area contributed by atoms with Crippen LogP contribution in [-0.4, -0.2) is 40.5 Å². The lowest BCUT2D eigenvalue weighted by molar-refractivity contribution is -0.159. The average molecular weight is 256 g/mol. The number of carbonyl (C=O) groups excluding carboxylic acids is 1. The third-order valence-corrected chi connectivity index (χ3v) is 4.11. The van der Waals surface area contributed by atoms with E-state index in [9.17, 15) is 14.7 Å². The van der Waals surface area contributed by atoms with Crippen molar-refractivity contribution in [2.75, 3.05) is 13.1 Å². The molecule has 0 radical (unpaired) electrons. The van der Waals surface area contributed by atoms with Crippen molar-refractivity contribution in [3.63, 3.8) is 0 Å². The molecule has 1 saturated heterocycles. The lowest BCUT2D eigenvalue weighted by Crippen LogP contribution is -2.55. The standard InChI is InChI=1S/C13H24N2O3/c1-4-13(12(17)18)6-5-7-15(13)11(16)10(8-14)9(2)3/h9-10H,4-8,14H2,1-3H3,(H,17,18). The highest BCUT2D eigenvalue weighted by Crippen LogP contribution is 2.34. The van der Waals surface area contributed by atoms with Crippen molar-refractivity contribution in [1.29, 1.82) is 0 Å². The van der Waals surface area contributed by atoms with Crippen LogP contribution in [0, 0.1) is 11.8 Å². The summed E-state index contributed by atoms with van der Waals surface area (Å²) in [6.45, 7) is 6.51. The molecule has 1 rings (SSSR count). The van der Waals surface area contributed by atoms with Gasteiger partial charge in [-0.25, -0.2) is 4.79 Å². The van der Waals surface area contributed by atoms with Crippen LogP contribution in [0.15, 0.2) is 0 Å². The molecule has 104 valence electrons. The van der Waals surface area contributed by atoms with Crippen molar-refractivity contribution < 1.29 is 14.7 Å². The Kier molecular flexibility index (Phi) is 4.73. The molecule has 0 aromatic rings. The van der Waals surface area contributed by atoms with E-state index >= 15 is 0 Å². The van der Waals surface area contributed by atoms with Crippen molar-refractivity contribution in [3.05, 3.63) is 0 Å². The molecule has 1 fully saturated rings. The number of aliphatic carboxylic acids is 1. The molecule has 0 aliphatic carbocycles. The number of carbonyl (C=O) groups is 2. The van der Waals surface area contributed by atoms with Crippen LogP contribution in [0.4, 0.5) is 0 Å². The fraction of sp³-hybridized carbons (Fsp3) is 0.846. The van der Waals surface area contributed by atoms with Gasteiger partial charge in [0.2, 0.25) is 5.91 Å². The number of nitrogens with zero attached hydrogens (tertiary/aromatic N) is 1. The Morgan fingerprint density at radius 2 is 2.06 bits per heavy atom. The van der Waals surface area contributed by atoms with E-state index < -0.39 is 11.5 Å². The highest BCUT2D eigenvalue weighted by atomic mass is 16.4. The van der Waals surface area contributed by atoms with Crippen LogP contribution >= 0.6 is 0 Å². The summed E-state index contributed by atoms with van der Waals surface area (Å²) in [4.78, 5) is 25.6. The fourth-order valence-electron chi connectivity index (χ4n) is 2.80. The molecule has 0 aromatic carbocycles. The van der Waals surface area contributed by atoms with Gasteiger partial charge in [0.1, 0.15) is 5.54 Å². The zero-order valence-corrected chi connectivity index (χ0v) is 11.5. The second-order valence-electron chi connectivity index (χ2n) is 5.37. The summed E-state index contributed by atoms with van der Waals surface area (Å²) in [5, 5.41) is 9.45. The minimum atomic E-state index is -1.01. The molecule has 2 unspecified atom stereocenters. The minimum Gasteiger partial charge on any atom is -0.479 e. The second kappa shape index (κ2) is 5.69. The molecule has 0 aromatic heterocycles. The first-order chi connectivity index (χ1) is 8.40. The van der Waals surface area contributed by atoms with E-state index in [0.717, 1.165) is 6.42 Å². The molecule has 5 nitrogen and oxygen atoms in total. The van der Waals surface area contributed by atoms with Crippen molar-refractivity contribution in [2.24, 2.45) is 17.6 Å². The highest BCUT2D eigenvalue weighted by molar-refractivity contribution is 5.89. The lowest BCUT2D eigenvalue weighted by atomic mass is 9.89. The smallest absolute Gasteiger partial charge is 0.329 e. The van der Waals surface area contributed by atoms with Crippen LogP contribution in [0.5, 0.6) is 0 Å². The van der Waals surface area contributed by atoms with Gasteiger partial charge >= 0.3 is 5.97 Å². The highest BCUT2D eigenvalue weighted by Gasteiger charge is 2.49. The topological polar surface area (TPSA) is 83.6 Å². The summed E-state index contributed by atoms with van der Waals surface area (Å²) in [5.74, 6) is -1.15. The summed E-state index contributed by atoms with van der Waals surface area (Å²) in [7, 11) is 0. The molecule has 1 aliphatic rings. The molecule has 18 heavy (non-hydrogen) atoms. The van der Waals surface area contributed by atoms with Crippen molar-refractivity contribution in [3.8, 4) is 0 Å². The lowest BCUT2D eigenvalue weighted by Gasteiger charge is -2.36. The molecule has 1 aliphatic heterocycles. The molecule has 2 atom stereocenters. The summed E-state index contributed by atoms with van der Waals surface area (Å²) in [6, 6.07) is 0. The van der Waals surface area contributed by atoms with Gasteiger partial charge in [-0.1, -0.05) is 20.8 Å². The number of amides is 1. The van der Waals surface area contributed by atoms with Crippen molar-refractivity contribution >= 4 is 11.9 Å². The van der Waals surface area contributed by atoms with Crippen LogP contribution in [0.25, 0.3) is 0 Å². The van der Waals surface area contributed by atoms with Gasteiger partial charge in [0.25, 0.3) is 0 Å². The molecule has 0 spiro atoms. The number of carboxylic acids is 1. The van der Waals surface area contributed by atoms with Crippen molar-refractivity contribution in [1.82, 2.24) is 4.90 Å². The largest absolute Gasteiger partial charge is 0.479 e. The Labute approximate surface area is 108 Å². The maximum atomic E-state index is 12.5. The summed E-state index contributed by atoms with van der Waals surface area (Å²) >= 11 is 0. The Morgan fingerprint density at radius 1 is 1.44 bits per heavy atom. The molecule has 0 saturated carbocycles. The van der Waals surface area contributed by atoms with Crippen LogP contribution in [-0.2, 0) is 9.59 Å². The number of likely N-dealkylation sites (tertiary alicyclic amines) is 1. The molecule has 1 amide bonds. The molecule has 0 bridgehead atoms. The normalized spacial score (nSPS) is 25.5. The summed E-state index contributed by atoms with van der Waals surface area (Å²) in [5.41, 5.74) is 4.64. The van der Waals surface area contributed by atoms with E-state index in [1.807, 2.05) is 20.8 Å². The number of hydrogen-bond acceptors (Lipinski definition) is 3. The Morgan fingerprint density at radius 3 is 2.44 bits per heavy atom. The van der Waals surface area contributed by atoms with E-state index in [1.54, 1.807) is 4.90 Å². The number of nitrogens with two attached hydrogens (primary N) is 1. The van der Waals surface area contributed by atoms with Crippen molar-refractivity contribution in [2.45, 2.75) is 45.6 Å². The van der Waals surface area contributed by atoms with Gasteiger partial charge in [-0.3, -0.25) is 4.79 Å². The maximum Gasteiger partial charge on any atom is 0.329 e. The zero-order valence-electron chi connectivity index (χ0n) is 11.5. The second-order valence-corrected chi connectivity index (χ2v) is 5.37. The van der Waals surface area contributed by atoms with Crippen LogP contribution in [0.1, 0.15) is 40.0 Å². The van der Waals surface area contributed by atoms with Gasteiger partial charge in [0.05, 0.1) is 5.92 Å². The molecule has 3 N–H and O–H groups in total. The maximum absolute atomic E-state index is 12.5. The van der Waals surface area contributed by atoms with E-state index in [2.05, 4.69) is 0 Å². The fourth-order valence-corrected chi connectivity index (χ4v) is 2.80. The first-order valence-corrected chi connectivity index (χ1v) is 6.65. The first-order valence-electron chi connectivity index (χ1n) is 6.65. The third kappa shape index (κ3) is 2.36. The van der Waals surface area contributed by atoms with Gasteiger partial charge in [-0.2, -0.15) is 0 Å². The Hall–Kier alpha value is -1.10. The number of hydrogen-bond donors (Lipinski definition) is 2. The van der Waals surface area contributed by atoms with E-state index in [-0.39, 0.29) is 24.3 Å². The zero-order chi connectivity index (χ0) is 13.9. The van der Waals surface area contributed by atoms with E-state index in [1.165, 1.54) is 0 Å². The average Bonchev–Trinajstić information content (AvgIpc) is 2.73. The van der Waals surface area contributed by atoms with Crippen LogP contribution < -0.4 is 5.73 Å². The minimum absolute atomic E-state index is 0.103. The van der Waals surface area contributed by atoms with E-state index in [0.29, 0.717) is 19.4 Å². The molecule has 5 heteroatoms. The van der Waals surface area contributed by atoms with Crippen LogP contribution in [0.2, 0.25) is 0 Å². The Bertz CT molecular complexity index is 330. The van der Waals surface area contributed by atoms with Gasteiger partial charge in [-0.15, -0.1) is 0 Å². The van der Waals surface area contributed by atoms with Gasteiger partial charge in [0.15, 0.2) is 0 Å². The Balaban J connectivity index is 3.00. The number of carboxylic acid groups (broad SMARTS) is 1.